The molecule has 1 N–H and O–H groups in total. The molecule has 0 aliphatic heterocycles. The molecule has 0 heterocycles. The number of benzene rings is 1. The Balaban J connectivity index is 1.83. The smallest absolute Gasteiger partial charge is 0.308 e. The van der Waals surface area contributed by atoms with Gasteiger partial charge in [-0.3, -0.25) is 9.59 Å². The highest BCUT2D eigenvalue weighted by Gasteiger charge is 2.31. The highest BCUT2D eigenvalue weighted by atomic mass is 16.5. The van der Waals surface area contributed by atoms with Crippen molar-refractivity contribution in [3.05, 3.63) is 29.8 Å². The van der Waals surface area contributed by atoms with Crippen molar-refractivity contribution in [2.45, 2.75) is 39.5 Å². The molecule has 1 saturated carbocycles. The third-order valence-corrected chi connectivity index (χ3v) is 5.10. The van der Waals surface area contributed by atoms with Gasteiger partial charge in [0, 0.05) is 31.2 Å². The highest BCUT2D eigenvalue weighted by molar-refractivity contribution is 5.80. The van der Waals surface area contributed by atoms with E-state index in [1.807, 2.05) is 12.1 Å². The predicted octanol–water partition coefficient (Wildman–Crippen LogP) is 2.92. The molecule has 1 aromatic carbocycles. The fraction of sp³-hybridized carbons (Fsp3) is 0.600. The number of methoxy groups -OCH3 is 1. The molecule has 5 heteroatoms. The van der Waals surface area contributed by atoms with Gasteiger partial charge in [-0.1, -0.05) is 24.6 Å². The molecule has 0 bridgehead atoms. The molecule has 5 nitrogen and oxygen atoms in total. The number of carbonyl (C=O) groups is 2. The molecule has 0 spiro atoms. The van der Waals surface area contributed by atoms with E-state index in [-0.39, 0.29) is 23.7 Å². The maximum atomic E-state index is 12.4. The molecule has 1 aromatic rings. The summed E-state index contributed by atoms with van der Waals surface area (Å²) in [6.07, 6.45) is 3.19. The summed E-state index contributed by atoms with van der Waals surface area (Å²) in [7, 11) is 1.41. The van der Waals surface area contributed by atoms with Gasteiger partial charge in [0.05, 0.1) is 13.0 Å². The van der Waals surface area contributed by atoms with E-state index in [4.69, 9.17) is 4.74 Å². The normalized spacial score (nSPS) is 20.0. The fourth-order valence-electron chi connectivity index (χ4n) is 3.63. The van der Waals surface area contributed by atoms with E-state index < -0.39 is 0 Å². The van der Waals surface area contributed by atoms with Gasteiger partial charge in [0.25, 0.3) is 0 Å². The maximum absolute atomic E-state index is 12.4. The third-order valence-electron chi connectivity index (χ3n) is 5.10. The average molecular weight is 346 g/mol. The van der Waals surface area contributed by atoms with Gasteiger partial charge in [0.1, 0.15) is 0 Å². The Morgan fingerprint density at radius 2 is 1.96 bits per heavy atom. The molecular formula is C20H30N2O3. The third kappa shape index (κ3) is 5.21. The molecular weight excluding hydrogens is 316 g/mol. The van der Waals surface area contributed by atoms with Gasteiger partial charge in [-0.05, 0) is 44.7 Å². The quantitative estimate of drug-likeness (QED) is 0.771. The minimum absolute atomic E-state index is 0.0643. The summed E-state index contributed by atoms with van der Waals surface area (Å²) in [4.78, 5) is 26.4. The molecule has 1 aliphatic carbocycles. The Morgan fingerprint density at radius 3 is 2.64 bits per heavy atom. The van der Waals surface area contributed by atoms with Crippen LogP contribution in [-0.4, -0.2) is 38.6 Å². The Bertz CT molecular complexity index is 588. The van der Waals surface area contributed by atoms with E-state index in [9.17, 15) is 9.59 Å². The van der Waals surface area contributed by atoms with Crippen LogP contribution in [0.2, 0.25) is 0 Å². The van der Waals surface area contributed by atoms with Gasteiger partial charge in [-0.15, -0.1) is 0 Å². The Hall–Kier alpha value is -2.04. The number of nitrogens with one attached hydrogen (secondary N) is 1. The van der Waals surface area contributed by atoms with Crippen LogP contribution in [0.4, 0.5) is 5.69 Å². The van der Waals surface area contributed by atoms with Gasteiger partial charge in [-0.2, -0.15) is 0 Å². The van der Waals surface area contributed by atoms with Gasteiger partial charge >= 0.3 is 5.97 Å². The zero-order valence-corrected chi connectivity index (χ0v) is 15.6. The molecule has 1 fully saturated rings. The highest BCUT2D eigenvalue weighted by Crippen LogP contribution is 2.30. The number of anilines is 1. The maximum Gasteiger partial charge on any atom is 0.308 e. The van der Waals surface area contributed by atoms with Crippen molar-refractivity contribution < 1.29 is 14.3 Å². The van der Waals surface area contributed by atoms with E-state index in [1.54, 1.807) is 0 Å². The summed E-state index contributed by atoms with van der Waals surface area (Å²) in [6, 6.07) is 8.29. The lowest BCUT2D eigenvalue weighted by atomic mass is 9.81. The molecule has 138 valence electrons. The number of hydrogen-bond acceptors (Lipinski definition) is 4. The number of esters is 1. The van der Waals surface area contributed by atoms with E-state index in [2.05, 4.69) is 36.2 Å². The molecule has 0 aromatic heterocycles. The largest absolute Gasteiger partial charge is 0.469 e. The van der Waals surface area contributed by atoms with Crippen molar-refractivity contribution in [1.82, 2.24) is 5.32 Å². The molecule has 2 atom stereocenters. The van der Waals surface area contributed by atoms with Crippen LogP contribution in [0.15, 0.2) is 24.3 Å². The molecule has 1 amide bonds. The number of amides is 1. The number of para-hydroxylation sites is 1. The van der Waals surface area contributed by atoms with E-state index in [0.717, 1.165) is 32.4 Å². The Labute approximate surface area is 150 Å². The number of nitrogens with zero attached hydrogens (tertiary/aromatic N) is 1. The first-order chi connectivity index (χ1) is 12.1. The first kappa shape index (κ1) is 19.3. The van der Waals surface area contributed by atoms with Gasteiger partial charge in [-0.25, -0.2) is 0 Å². The van der Waals surface area contributed by atoms with Crippen LogP contribution in [0, 0.1) is 18.8 Å². The number of likely N-dealkylation sites (N-methyl/N-ethyl adjacent to an activating group) is 1. The van der Waals surface area contributed by atoms with E-state index in [0.29, 0.717) is 13.0 Å². The van der Waals surface area contributed by atoms with Gasteiger partial charge in [0.2, 0.25) is 5.91 Å². The van der Waals surface area contributed by atoms with Crippen LogP contribution < -0.4 is 10.2 Å². The van der Waals surface area contributed by atoms with Gasteiger partial charge in [0.15, 0.2) is 0 Å². The molecule has 0 radical (unpaired) electrons. The monoisotopic (exact) mass is 346 g/mol. The molecule has 0 unspecified atom stereocenters. The summed E-state index contributed by atoms with van der Waals surface area (Å²) in [6.45, 7) is 6.51. The minimum Gasteiger partial charge on any atom is -0.469 e. The summed E-state index contributed by atoms with van der Waals surface area (Å²) in [5, 5.41) is 3.05. The van der Waals surface area contributed by atoms with Crippen LogP contribution in [0.25, 0.3) is 0 Å². The average Bonchev–Trinajstić information content (AvgIpc) is 2.65. The van der Waals surface area contributed by atoms with Crippen LogP contribution >= 0.6 is 0 Å². The van der Waals surface area contributed by atoms with Gasteiger partial charge < -0.3 is 15.0 Å². The number of ether oxygens (including phenoxy) is 1. The predicted molar refractivity (Wildman–Crippen MR) is 99.5 cm³/mol. The lowest BCUT2D eigenvalue weighted by Crippen LogP contribution is -2.40. The zero-order chi connectivity index (χ0) is 18.2. The number of carbonyl (C=O) groups excluding carboxylic acids is 2. The van der Waals surface area contributed by atoms with Crippen molar-refractivity contribution in [1.29, 1.82) is 0 Å². The molecule has 2 rings (SSSR count). The van der Waals surface area contributed by atoms with E-state index in [1.165, 1.54) is 18.4 Å². The standard InChI is InChI=1S/C20H30N2O3/c1-4-22(18-11-6-5-8-15(18)2)13-12-21-19(23)16-9-7-10-17(14-16)20(24)25-3/h5-6,8,11,16-17H,4,7,9-10,12-14H2,1-3H3,(H,21,23)/t16-,17-/m1/s1. The first-order valence-corrected chi connectivity index (χ1v) is 9.23. The van der Waals surface area contributed by atoms with Crippen molar-refractivity contribution in [2.24, 2.45) is 11.8 Å². The summed E-state index contributed by atoms with van der Waals surface area (Å²) in [5.74, 6) is -0.330. The molecule has 1 aliphatic rings. The zero-order valence-electron chi connectivity index (χ0n) is 15.6. The second kappa shape index (κ2) is 9.44. The lowest BCUT2D eigenvalue weighted by molar-refractivity contribution is -0.147. The van der Waals surface area contributed by atoms with Crippen molar-refractivity contribution in [3.63, 3.8) is 0 Å². The fourth-order valence-corrected chi connectivity index (χ4v) is 3.63. The number of rotatable bonds is 7. The Morgan fingerprint density at radius 1 is 1.24 bits per heavy atom. The van der Waals surface area contributed by atoms with Crippen LogP contribution in [0.1, 0.15) is 38.2 Å². The molecule has 0 saturated heterocycles. The number of hydrogen-bond donors (Lipinski definition) is 1. The second-order valence-electron chi connectivity index (χ2n) is 6.74. The van der Waals surface area contributed by atoms with Crippen LogP contribution in [0.3, 0.4) is 0 Å². The summed E-state index contributed by atoms with van der Waals surface area (Å²) in [5.41, 5.74) is 2.45. The van der Waals surface area contributed by atoms with E-state index >= 15 is 0 Å². The van der Waals surface area contributed by atoms with Crippen LogP contribution in [0.5, 0.6) is 0 Å². The Kier molecular flexibility index (Phi) is 7.29. The topological polar surface area (TPSA) is 58.6 Å². The summed E-state index contributed by atoms with van der Waals surface area (Å²) >= 11 is 0. The van der Waals surface area contributed by atoms with Crippen molar-refractivity contribution >= 4 is 17.6 Å². The summed E-state index contributed by atoms with van der Waals surface area (Å²) < 4.78 is 4.83. The minimum atomic E-state index is -0.186. The molecule has 25 heavy (non-hydrogen) atoms. The van der Waals surface area contributed by atoms with Crippen molar-refractivity contribution in [3.8, 4) is 0 Å². The number of aryl methyl sites for hydroxylation is 1. The van der Waals surface area contributed by atoms with Crippen LogP contribution in [-0.2, 0) is 14.3 Å². The SMILES string of the molecule is CCN(CCNC(=O)[C@@H]1CCC[C@@H](C(=O)OC)C1)c1ccccc1C. The van der Waals surface area contributed by atoms with Crippen molar-refractivity contribution in [2.75, 3.05) is 31.6 Å². The second-order valence-corrected chi connectivity index (χ2v) is 6.74. The lowest BCUT2D eigenvalue weighted by Gasteiger charge is -2.28. The first-order valence-electron chi connectivity index (χ1n) is 9.23.